The zero-order chi connectivity index (χ0) is 13.1. The molecule has 1 atom stereocenters. The van der Waals surface area contributed by atoms with Gasteiger partial charge in [-0.25, -0.2) is 0 Å². The molecular formula is C12H14F3NO. The van der Waals surface area contributed by atoms with Gasteiger partial charge in [-0.2, -0.15) is 13.2 Å². The molecule has 1 aromatic rings. The van der Waals surface area contributed by atoms with E-state index in [4.69, 9.17) is 0 Å². The predicted octanol–water partition coefficient (Wildman–Crippen LogP) is 3.23. The molecule has 0 radical (unpaired) electrons. The van der Waals surface area contributed by atoms with Crippen LogP contribution in [0.4, 0.5) is 13.2 Å². The smallest absolute Gasteiger partial charge is 0.350 e. The van der Waals surface area contributed by atoms with E-state index in [1.807, 2.05) is 6.92 Å². The van der Waals surface area contributed by atoms with Crippen LogP contribution in [0.5, 0.6) is 0 Å². The van der Waals surface area contributed by atoms with E-state index in [1.165, 1.54) is 12.1 Å². The van der Waals surface area contributed by atoms with Crippen LogP contribution in [0, 0.1) is 0 Å². The Morgan fingerprint density at radius 2 is 2.06 bits per heavy atom. The lowest BCUT2D eigenvalue weighted by Crippen LogP contribution is -2.32. The van der Waals surface area contributed by atoms with Crippen LogP contribution in [0.1, 0.15) is 36.2 Å². The van der Waals surface area contributed by atoms with E-state index in [9.17, 15) is 18.0 Å². The lowest BCUT2D eigenvalue weighted by atomic mass is 10.1. The highest BCUT2D eigenvalue weighted by molar-refractivity contribution is 5.94. The summed E-state index contributed by atoms with van der Waals surface area (Å²) in [7, 11) is 0. The maximum atomic E-state index is 12.4. The summed E-state index contributed by atoms with van der Waals surface area (Å²) in [6, 6.07) is 4.34. The lowest BCUT2D eigenvalue weighted by molar-refractivity contribution is -0.137. The van der Waals surface area contributed by atoms with Crippen molar-refractivity contribution in [3.63, 3.8) is 0 Å². The zero-order valence-electron chi connectivity index (χ0n) is 9.64. The summed E-state index contributed by atoms with van der Waals surface area (Å²) in [5.74, 6) is -0.481. The maximum Gasteiger partial charge on any atom is 0.416 e. The van der Waals surface area contributed by atoms with Crippen LogP contribution in [0.3, 0.4) is 0 Å². The summed E-state index contributed by atoms with van der Waals surface area (Å²) in [5, 5.41) is 2.62. The van der Waals surface area contributed by atoms with E-state index in [-0.39, 0.29) is 11.6 Å². The van der Waals surface area contributed by atoms with Gasteiger partial charge in [-0.05, 0) is 31.5 Å². The number of nitrogens with one attached hydrogen (secondary N) is 1. The summed E-state index contributed by atoms with van der Waals surface area (Å²) in [5.41, 5.74) is -0.783. The van der Waals surface area contributed by atoms with Crippen LogP contribution < -0.4 is 5.32 Å². The molecule has 0 unspecified atom stereocenters. The largest absolute Gasteiger partial charge is 0.416 e. The molecule has 0 fully saturated rings. The van der Waals surface area contributed by atoms with E-state index in [0.29, 0.717) is 0 Å². The molecule has 1 rings (SSSR count). The Morgan fingerprint density at radius 1 is 1.41 bits per heavy atom. The number of carbonyl (C=O) groups excluding carboxylic acids is 1. The average molecular weight is 245 g/mol. The molecule has 0 bridgehead atoms. The minimum atomic E-state index is -4.42. The molecule has 0 aliphatic carbocycles. The van der Waals surface area contributed by atoms with Gasteiger partial charge in [0, 0.05) is 11.6 Å². The second-order valence-corrected chi connectivity index (χ2v) is 3.86. The number of halogens is 3. The van der Waals surface area contributed by atoms with Crippen LogP contribution in [-0.4, -0.2) is 11.9 Å². The molecule has 17 heavy (non-hydrogen) atoms. The Morgan fingerprint density at radius 3 is 2.59 bits per heavy atom. The quantitative estimate of drug-likeness (QED) is 0.870. The van der Waals surface area contributed by atoms with Gasteiger partial charge in [0.1, 0.15) is 0 Å². The number of alkyl halides is 3. The van der Waals surface area contributed by atoms with Gasteiger partial charge in [-0.15, -0.1) is 0 Å². The molecule has 0 aliphatic heterocycles. The van der Waals surface area contributed by atoms with Crippen molar-refractivity contribution in [3.05, 3.63) is 35.4 Å². The Bertz CT molecular complexity index is 401. The van der Waals surface area contributed by atoms with E-state index in [2.05, 4.69) is 5.32 Å². The Balaban J connectivity index is 2.89. The second kappa shape index (κ2) is 5.21. The maximum absolute atomic E-state index is 12.4. The summed E-state index contributed by atoms with van der Waals surface area (Å²) in [4.78, 5) is 11.6. The molecule has 2 nitrogen and oxygen atoms in total. The molecule has 1 amide bonds. The highest BCUT2D eigenvalue weighted by Crippen LogP contribution is 2.29. The fourth-order valence-electron chi connectivity index (χ4n) is 1.25. The molecule has 94 valence electrons. The lowest BCUT2D eigenvalue weighted by Gasteiger charge is -2.12. The van der Waals surface area contributed by atoms with E-state index in [0.717, 1.165) is 18.6 Å². The number of benzene rings is 1. The van der Waals surface area contributed by atoms with Gasteiger partial charge in [-0.1, -0.05) is 13.0 Å². The molecule has 0 heterocycles. The summed E-state index contributed by atoms with van der Waals surface area (Å²) < 4.78 is 37.3. The summed E-state index contributed by atoms with van der Waals surface area (Å²) in [6.45, 7) is 3.68. The minimum absolute atomic E-state index is 0.0279. The topological polar surface area (TPSA) is 29.1 Å². The second-order valence-electron chi connectivity index (χ2n) is 3.86. The predicted molar refractivity (Wildman–Crippen MR) is 58.7 cm³/mol. The normalized spacial score (nSPS) is 13.2. The molecule has 1 N–H and O–H groups in total. The van der Waals surface area contributed by atoms with Gasteiger partial charge in [0.2, 0.25) is 0 Å². The van der Waals surface area contributed by atoms with Crippen LogP contribution >= 0.6 is 0 Å². The minimum Gasteiger partial charge on any atom is -0.350 e. The van der Waals surface area contributed by atoms with Gasteiger partial charge < -0.3 is 5.32 Å². The molecular weight excluding hydrogens is 231 g/mol. The van der Waals surface area contributed by atoms with Crippen molar-refractivity contribution in [1.82, 2.24) is 5.32 Å². The molecule has 5 heteroatoms. The van der Waals surface area contributed by atoms with Crippen molar-refractivity contribution in [2.75, 3.05) is 0 Å². The van der Waals surface area contributed by atoms with Crippen LogP contribution in [-0.2, 0) is 6.18 Å². The number of hydrogen-bond donors (Lipinski definition) is 1. The molecule has 0 saturated carbocycles. The van der Waals surface area contributed by atoms with Gasteiger partial charge in [-0.3, -0.25) is 4.79 Å². The average Bonchev–Trinajstić information content (AvgIpc) is 2.28. The first-order valence-electron chi connectivity index (χ1n) is 5.32. The van der Waals surface area contributed by atoms with Gasteiger partial charge >= 0.3 is 6.18 Å². The fourth-order valence-corrected chi connectivity index (χ4v) is 1.25. The number of carbonyl (C=O) groups is 1. The SMILES string of the molecule is CC[C@H](C)NC(=O)c1cccc(C(F)(F)F)c1. The molecule has 0 aliphatic rings. The Labute approximate surface area is 97.8 Å². The molecule has 1 aromatic carbocycles. The van der Waals surface area contributed by atoms with Gasteiger partial charge in [0.25, 0.3) is 5.91 Å². The first kappa shape index (κ1) is 13.5. The number of amides is 1. The Hall–Kier alpha value is -1.52. The first-order valence-corrected chi connectivity index (χ1v) is 5.32. The summed E-state index contributed by atoms with van der Waals surface area (Å²) >= 11 is 0. The van der Waals surface area contributed by atoms with Gasteiger partial charge in [0.15, 0.2) is 0 Å². The van der Waals surface area contributed by atoms with E-state index >= 15 is 0 Å². The molecule has 0 spiro atoms. The standard InChI is InChI=1S/C12H14F3NO/c1-3-8(2)16-11(17)9-5-4-6-10(7-9)12(13,14)15/h4-8H,3H2,1-2H3,(H,16,17)/t8-/m0/s1. The van der Waals surface area contributed by atoms with Crippen molar-refractivity contribution in [3.8, 4) is 0 Å². The van der Waals surface area contributed by atoms with Crippen LogP contribution in [0.25, 0.3) is 0 Å². The third-order valence-corrected chi connectivity index (χ3v) is 2.44. The zero-order valence-corrected chi connectivity index (χ0v) is 9.64. The van der Waals surface area contributed by atoms with Crippen molar-refractivity contribution >= 4 is 5.91 Å². The molecule has 0 aromatic heterocycles. The van der Waals surface area contributed by atoms with E-state index < -0.39 is 17.6 Å². The van der Waals surface area contributed by atoms with Gasteiger partial charge in [0.05, 0.1) is 5.56 Å². The Kier molecular flexibility index (Phi) is 4.15. The third-order valence-electron chi connectivity index (χ3n) is 2.44. The van der Waals surface area contributed by atoms with Crippen molar-refractivity contribution in [2.24, 2.45) is 0 Å². The third kappa shape index (κ3) is 3.76. The van der Waals surface area contributed by atoms with Crippen LogP contribution in [0.2, 0.25) is 0 Å². The number of hydrogen-bond acceptors (Lipinski definition) is 1. The number of rotatable bonds is 3. The fraction of sp³-hybridized carbons (Fsp3) is 0.417. The van der Waals surface area contributed by atoms with Crippen molar-refractivity contribution in [2.45, 2.75) is 32.5 Å². The first-order chi connectivity index (χ1) is 7.84. The molecule has 0 saturated heterocycles. The van der Waals surface area contributed by atoms with Crippen molar-refractivity contribution in [1.29, 1.82) is 0 Å². The highest BCUT2D eigenvalue weighted by Gasteiger charge is 2.30. The van der Waals surface area contributed by atoms with Crippen molar-refractivity contribution < 1.29 is 18.0 Å². The monoisotopic (exact) mass is 245 g/mol. The highest BCUT2D eigenvalue weighted by atomic mass is 19.4. The summed E-state index contributed by atoms with van der Waals surface area (Å²) in [6.07, 6.45) is -3.70. The van der Waals surface area contributed by atoms with Crippen LogP contribution in [0.15, 0.2) is 24.3 Å². The van der Waals surface area contributed by atoms with E-state index in [1.54, 1.807) is 6.92 Å².